The molecule has 1 saturated heterocycles. The predicted octanol–water partition coefficient (Wildman–Crippen LogP) is 5.39. The molecule has 0 radical (unpaired) electrons. The Bertz CT molecular complexity index is 1090. The van der Waals surface area contributed by atoms with Crippen LogP contribution in [0.4, 0.5) is 17.1 Å². The molecule has 0 aromatic heterocycles. The van der Waals surface area contributed by atoms with Gasteiger partial charge in [0.15, 0.2) is 0 Å². The Morgan fingerprint density at radius 2 is 1.69 bits per heavy atom. The summed E-state index contributed by atoms with van der Waals surface area (Å²) >= 11 is 6.08. The van der Waals surface area contributed by atoms with Crippen LogP contribution in [0.3, 0.4) is 0 Å². The van der Waals surface area contributed by atoms with E-state index in [1.165, 1.54) is 0 Å². The molecular formula is C26H29ClN4O. The molecule has 0 bridgehead atoms. The third-order valence-corrected chi connectivity index (χ3v) is 6.03. The zero-order chi connectivity index (χ0) is 22.5. The van der Waals surface area contributed by atoms with Gasteiger partial charge in [-0.15, -0.1) is 0 Å². The number of hydrogen-bond acceptors (Lipinski definition) is 4. The number of nitrogens with one attached hydrogen (secondary N) is 2. The van der Waals surface area contributed by atoms with Gasteiger partial charge in [-0.3, -0.25) is 9.69 Å². The third-order valence-electron chi connectivity index (χ3n) is 5.79. The molecule has 32 heavy (non-hydrogen) atoms. The molecule has 6 heteroatoms. The van der Waals surface area contributed by atoms with Gasteiger partial charge in [-0.1, -0.05) is 35.9 Å². The Balaban J connectivity index is 1.44. The molecule has 0 unspecified atom stereocenters. The maximum Gasteiger partial charge on any atom is 0.255 e. The molecule has 166 valence electrons. The van der Waals surface area contributed by atoms with Crippen LogP contribution in [0.5, 0.6) is 0 Å². The predicted molar refractivity (Wildman–Crippen MR) is 133 cm³/mol. The molecule has 0 saturated carbocycles. The van der Waals surface area contributed by atoms with Crippen LogP contribution in [0.15, 0.2) is 66.7 Å². The Morgan fingerprint density at radius 1 is 0.938 bits per heavy atom. The monoisotopic (exact) mass is 448 g/mol. The second kappa shape index (κ2) is 10.2. The molecular weight excluding hydrogens is 420 g/mol. The van der Waals surface area contributed by atoms with Crippen LogP contribution in [-0.2, 0) is 6.54 Å². The standard InChI is InChI=1S/C26H29ClN4O/c1-19-9-10-24(28-23-8-4-7-22(27)16-23)17-25(19)29-26(32)21-6-3-5-20(15-21)18-31-13-11-30(2)12-14-31/h3-10,15-17,28H,11-14,18H2,1-2H3,(H,29,32). The maximum absolute atomic E-state index is 13.0. The van der Waals surface area contributed by atoms with E-state index < -0.39 is 0 Å². The minimum atomic E-state index is -0.103. The van der Waals surface area contributed by atoms with Crippen molar-refractivity contribution in [2.45, 2.75) is 13.5 Å². The maximum atomic E-state index is 13.0. The van der Waals surface area contributed by atoms with Gasteiger partial charge in [0.2, 0.25) is 0 Å². The van der Waals surface area contributed by atoms with Crippen LogP contribution in [-0.4, -0.2) is 48.9 Å². The normalized spacial score (nSPS) is 14.8. The topological polar surface area (TPSA) is 47.6 Å². The van der Waals surface area contributed by atoms with Crippen LogP contribution >= 0.6 is 11.6 Å². The number of piperazine rings is 1. The quantitative estimate of drug-likeness (QED) is 0.530. The first-order valence-electron chi connectivity index (χ1n) is 10.9. The lowest BCUT2D eigenvalue weighted by atomic mass is 10.1. The highest BCUT2D eigenvalue weighted by molar-refractivity contribution is 6.30. The van der Waals surface area contributed by atoms with E-state index in [0.29, 0.717) is 10.6 Å². The van der Waals surface area contributed by atoms with Gasteiger partial charge in [0.05, 0.1) is 0 Å². The molecule has 3 aromatic carbocycles. The minimum absolute atomic E-state index is 0.103. The molecule has 0 aliphatic carbocycles. The van der Waals surface area contributed by atoms with Crippen molar-refractivity contribution in [1.29, 1.82) is 0 Å². The molecule has 1 heterocycles. The molecule has 0 atom stereocenters. The van der Waals surface area contributed by atoms with Crippen LogP contribution in [0, 0.1) is 6.92 Å². The van der Waals surface area contributed by atoms with E-state index in [4.69, 9.17) is 11.6 Å². The lowest BCUT2D eigenvalue weighted by Gasteiger charge is -2.32. The molecule has 1 aliphatic rings. The number of carbonyl (C=O) groups excluding carboxylic acids is 1. The molecule has 5 nitrogen and oxygen atoms in total. The van der Waals surface area contributed by atoms with Crippen molar-refractivity contribution in [3.63, 3.8) is 0 Å². The Labute approximate surface area is 195 Å². The van der Waals surface area contributed by atoms with Crippen molar-refractivity contribution in [3.05, 3.63) is 88.4 Å². The fourth-order valence-corrected chi connectivity index (χ4v) is 4.03. The number of nitrogens with zero attached hydrogens (tertiary/aromatic N) is 2. The highest BCUT2D eigenvalue weighted by atomic mass is 35.5. The van der Waals surface area contributed by atoms with Crippen molar-refractivity contribution < 1.29 is 4.79 Å². The zero-order valence-electron chi connectivity index (χ0n) is 18.6. The number of likely N-dealkylation sites (N-methyl/N-ethyl adjacent to an activating group) is 1. The van der Waals surface area contributed by atoms with E-state index >= 15 is 0 Å². The van der Waals surface area contributed by atoms with Crippen LogP contribution in [0.1, 0.15) is 21.5 Å². The number of aryl methyl sites for hydroxylation is 1. The number of benzene rings is 3. The van der Waals surface area contributed by atoms with Gasteiger partial charge in [-0.2, -0.15) is 0 Å². The summed E-state index contributed by atoms with van der Waals surface area (Å²) in [6, 6.07) is 21.4. The first-order valence-corrected chi connectivity index (χ1v) is 11.3. The van der Waals surface area contributed by atoms with Crippen LogP contribution in [0.2, 0.25) is 5.02 Å². The first kappa shape index (κ1) is 22.3. The summed E-state index contributed by atoms with van der Waals surface area (Å²) in [7, 11) is 2.16. The van der Waals surface area contributed by atoms with Gasteiger partial charge >= 0.3 is 0 Å². The van der Waals surface area contributed by atoms with Crippen molar-refractivity contribution in [2.24, 2.45) is 0 Å². The van der Waals surface area contributed by atoms with Crippen molar-refractivity contribution in [3.8, 4) is 0 Å². The van der Waals surface area contributed by atoms with Gasteiger partial charge in [0.1, 0.15) is 0 Å². The minimum Gasteiger partial charge on any atom is -0.355 e. The van der Waals surface area contributed by atoms with Gasteiger partial charge < -0.3 is 15.5 Å². The highest BCUT2D eigenvalue weighted by Gasteiger charge is 2.15. The van der Waals surface area contributed by atoms with Crippen molar-refractivity contribution >= 4 is 34.6 Å². The molecule has 1 aliphatic heterocycles. The summed E-state index contributed by atoms with van der Waals surface area (Å²) in [5, 5.41) is 7.09. The van der Waals surface area contributed by atoms with Crippen molar-refractivity contribution in [1.82, 2.24) is 9.80 Å². The second-order valence-electron chi connectivity index (χ2n) is 8.40. The van der Waals surface area contributed by atoms with Crippen LogP contribution in [0.25, 0.3) is 0 Å². The number of anilines is 3. The van der Waals surface area contributed by atoms with Gasteiger partial charge in [-0.25, -0.2) is 0 Å². The number of amides is 1. The molecule has 2 N–H and O–H groups in total. The fourth-order valence-electron chi connectivity index (χ4n) is 3.84. The van der Waals surface area contributed by atoms with Crippen LogP contribution < -0.4 is 10.6 Å². The van der Waals surface area contributed by atoms with E-state index in [0.717, 1.165) is 60.9 Å². The zero-order valence-corrected chi connectivity index (χ0v) is 19.3. The van der Waals surface area contributed by atoms with Gasteiger partial charge in [-0.05, 0) is 67.6 Å². The van der Waals surface area contributed by atoms with Gasteiger partial charge in [0.25, 0.3) is 5.91 Å². The second-order valence-corrected chi connectivity index (χ2v) is 8.84. The lowest BCUT2D eigenvalue weighted by molar-refractivity contribution is 0.102. The molecule has 3 aromatic rings. The smallest absolute Gasteiger partial charge is 0.255 e. The summed E-state index contributed by atoms with van der Waals surface area (Å²) in [6.07, 6.45) is 0. The van der Waals surface area contributed by atoms with Crippen molar-refractivity contribution in [2.75, 3.05) is 43.9 Å². The summed E-state index contributed by atoms with van der Waals surface area (Å²) < 4.78 is 0. The van der Waals surface area contributed by atoms with E-state index in [1.54, 1.807) is 0 Å². The summed E-state index contributed by atoms with van der Waals surface area (Å²) in [4.78, 5) is 17.8. The Hall–Kier alpha value is -2.86. The van der Waals surface area contributed by atoms with E-state index in [1.807, 2.05) is 67.6 Å². The first-order chi connectivity index (χ1) is 15.5. The largest absolute Gasteiger partial charge is 0.355 e. The average Bonchev–Trinajstić information content (AvgIpc) is 2.78. The van der Waals surface area contributed by atoms with Gasteiger partial charge in [0, 0.05) is 60.4 Å². The average molecular weight is 449 g/mol. The summed E-state index contributed by atoms with van der Waals surface area (Å²) in [5.74, 6) is -0.103. The van der Waals surface area contributed by atoms with E-state index in [2.05, 4.69) is 33.5 Å². The molecule has 1 fully saturated rings. The summed E-state index contributed by atoms with van der Waals surface area (Å²) in [6.45, 7) is 7.13. The number of halogens is 1. The number of rotatable bonds is 6. The fraction of sp³-hybridized carbons (Fsp3) is 0.269. The Kier molecular flexibility index (Phi) is 7.10. The molecule has 1 amide bonds. The molecule has 4 rings (SSSR count). The SMILES string of the molecule is Cc1ccc(Nc2cccc(Cl)c2)cc1NC(=O)c1cccc(CN2CCN(C)CC2)c1. The summed E-state index contributed by atoms with van der Waals surface area (Å²) in [5.41, 5.74) is 5.40. The number of hydrogen-bond donors (Lipinski definition) is 2. The number of carbonyl (C=O) groups is 1. The third kappa shape index (κ3) is 5.88. The van der Waals surface area contributed by atoms with E-state index in [9.17, 15) is 4.79 Å². The molecule has 0 spiro atoms. The lowest BCUT2D eigenvalue weighted by Crippen LogP contribution is -2.43. The Morgan fingerprint density at radius 3 is 2.47 bits per heavy atom. The van der Waals surface area contributed by atoms with E-state index in [-0.39, 0.29) is 5.91 Å². The highest BCUT2D eigenvalue weighted by Crippen LogP contribution is 2.25.